The SMILES string of the molecule is CCc1nc2ccc(Br)cn2c1N(C)c1nc(-c2ccc(F)cc2)cs1.CCc1nc2ccc(N3CCNCC3)cn2c1N(C)c1nc(-c2ccc(F)cc2)cs1. The third-order valence-electron chi connectivity index (χ3n) is 9.90. The maximum Gasteiger partial charge on any atom is 0.191 e. The standard InChI is InChI=1S/C23H25FN6S.C19H16BrFN4S/c1-3-19-22(28(2)23-27-20(15-31-23)16-4-6-17(24)7-5-16)30-14-18(8-9-21(30)26-19)29-12-10-25-11-13-29;1-3-15-18(25-10-13(20)6-9-17(25)22-15)24(2)19-23-16(11-26-19)12-4-7-14(21)8-5-12/h4-9,14-15,25H,3,10-13H2,1-2H3;4-11H,3H2,1-2H3. The zero-order valence-corrected chi connectivity index (χ0v) is 35.2. The van der Waals surface area contributed by atoms with Gasteiger partial charge in [0.1, 0.15) is 34.6 Å². The van der Waals surface area contributed by atoms with E-state index in [1.807, 2.05) is 43.2 Å². The number of aryl methyl sites for hydroxylation is 2. The molecular formula is C42H41BrF2N10S2. The number of piperazine rings is 1. The first-order valence-electron chi connectivity index (χ1n) is 18.7. The summed E-state index contributed by atoms with van der Waals surface area (Å²) in [6.07, 6.45) is 5.87. The molecule has 1 fully saturated rings. The second-order valence-corrected chi connectivity index (χ2v) is 16.2. The summed E-state index contributed by atoms with van der Waals surface area (Å²) in [6, 6.07) is 21.1. The normalized spacial score (nSPS) is 12.9. The molecule has 0 saturated carbocycles. The average molecular weight is 868 g/mol. The molecule has 10 nitrogen and oxygen atoms in total. The number of halogens is 3. The molecule has 1 saturated heterocycles. The van der Waals surface area contributed by atoms with Crippen LogP contribution in [-0.2, 0) is 12.8 Å². The van der Waals surface area contributed by atoms with Crippen molar-refractivity contribution >= 4 is 77.5 Å². The molecule has 2 aromatic carbocycles. The Labute approximate surface area is 346 Å². The lowest BCUT2D eigenvalue weighted by molar-refractivity contribution is 0.588. The molecule has 57 heavy (non-hydrogen) atoms. The highest BCUT2D eigenvalue weighted by Gasteiger charge is 2.22. The minimum absolute atomic E-state index is 0.241. The molecule has 292 valence electrons. The number of aromatic nitrogens is 6. The number of fused-ring (bicyclic) bond motifs is 2. The summed E-state index contributed by atoms with van der Waals surface area (Å²) in [5.74, 6) is 1.55. The first-order valence-corrected chi connectivity index (χ1v) is 21.3. The van der Waals surface area contributed by atoms with Crippen molar-refractivity contribution in [2.75, 3.05) is 55.0 Å². The van der Waals surface area contributed by atoms with E-state index in [0.29, 0.717) is 0 Å². The van der Waals surface area contributed by atoms with Crippen molar-refractivity contribution in [1.82, 2.24) is 34.1 Å². The van der Waals surface area contributed by atoms with Crippen molar-refractivity contribution < 1.29 is 8.78 Å². The van der Waals surface area contributed by atoms with Gasteiger partial charge in [0.25, 0.3) is 0 Å². The minimum atomic E-state index is -0.245. The molecule has 9 rings (SSSR count). The highest BCUT2D eigenvalue weighted by molar-refractivity contribution is 9.10. The first-order chi connectivity index (χ1) is 27.7. The van der Waals surface area contributed by atoms with Crippen LogP contribution in [0.1, 0.15) is 25.2 Å². The summed E-state index contributed by atoms with van der Waals surface area (Å²) in [4.78, 5) is 25.7. The number of hydrogen-bond donors (Lipinski definition) is 1. The van der Waals surface area contributed by atoms with Crippen molar-refractivity contribution in [3.63, 3.8) is 0 Å². The lowest BCUT2D eigenvalue weighted by atomic mass is 10.2. The Morgan fingerprint density at radius 1 is 0.649 bits per heavy atom. The summed E-state index contributed by atoms with van der Waals surface area (Å²) < 4.78 is 31.7. The van der Waals surface area contributed by atoms with Crippen molar-refractivity contribution in [2.45, 2.75) is 26.7 Å². The monoisotopic (exact) mass is 866 g/mol. The first kappa shape index (κ1) is 38.6. The number of anilines is 5. The Morgan fingerprint density at radius 2 is 1.12 bits per heavy atom. The number of thiazole rings is 2. The Hall–Kier alpha value is -5.22. The minimum Gasteiger partial charge on any atom is -0.368 e. The van der Waals surface area contributed by atoms with Crippen LogP contribution in [0, 0.1) is 11.6 Å². The largest absolute Gasteiger partial charge is 0.368 e. The molecule has 1 aliphatic heterocycles. The predicted octanol–water partition coefficient (Wildman–Crippen LogP) is 10.0. The zero-order valence-electron chi connectivity index (χ0n) is 32.0. The highest BCUT2D eigenvalue weighted by atomic mass is 79.9. The predicted molar refractivity (Wildman–Crippen MR) is 233 cm³/mol. The summed E-state index contributed by atoms with van der Waals surface area (Å²) in [5.41, 5.74) is 8.60. The molecule has 0 atom stereocenters. The second-order valence-electron chi connectivity index (χ2n) is 13.6. The molecule has 0 unspecified atom stereocenters. The molecule has 0 bridgehead atoms. The van der Waals surface area contributed by atoms with E-state index in [1.54, 1.807) is 46.9 Å². The molecule has 0 aliphatic carbocycles. The van der Waals surface area contributed by atoms with Crippen LogP contribution in [0.5, 0.6) is 0 Å². The van der Waals surface area contributed by atoms with Gasteiger partial charge in [-0.1, -0.05) is 13.8 Å². The Bertz CT molecular complexity index is 2630. The summed E-state index contributed by atoms with van der Waals surface area (Å²) in [5, 5.41) is 9.15. The molecule has 6 aromatic heterocycles. The van der Waals surface area contributed by atoms with E-state index in [4.69, 9.17) is 19.9 Å². The van der Waals surface area contributed by atoms with Crippen LogP contribution < -0.4 is 20.0 Å². The van der Waals surface area contributed by atoms with Crippen LogP contribution in [0.15, 0.2) is 100 Å². The van der Waals surface area contributed by atoms with Gasteiger partial charge in [0, 0.05) is 79.0 Å². The molecule has 0 spiro atoms. The van der Waals surface area contributed by atoms with Gasteiger partial charge in [-0.05, 0) is 102 Å². The number of pyridine rings is 2. The highest BCUT2D eigenvalue weighted by Crippen LogP contribution is 2.36. The Balaban J connectivity index is 0.000000162. The second kappa shape index (κ2) is 16.7. The number of nitrogens with one attached hydrogen (secondary N) is 1. The van der Waals surface area contributed by atoms with E-state index in [1.165, 1.54) is 30.0 Å². The summed E-state index contributed by atoms with van der Waals surface area (Å²) in [6.45, 7) is 8.22. The average Bonchev–Trinajstić information content (AvgIpc) is 4.06. The van der Waals surface area contributed by atoms with Crippen LogP contribution in [0.2, 0.25) is 0 Å². The number of benzene rings is 2. The van der Waals surface area contributed by atoms with Gasteiger partial charge in [-0.2, -0.15) is 0 Å². The fraction of sp³-hybridized carbons (Fsp3) is 0.238. The molecule has 8 aromatic rings. The van der Waals surface area contributed by atoms with E-state index in [0.717, 1.165) is 111 Å². The molecule has 7 heterocycles. The van der Waals surface area contributed by atoms with Crippen LogP contribution in [0.4, 0.5) is 36.4 Å². The van der Waals surface area contributed by atoms with Crippen molar-refractivity contribution in [2.24, 2.45) is 0 Å². The van der Waals surface area contributed by atoms with Gasteiger partial charge < -0.3 is 20.0 Å². The fourth-order valence-electron chi connectivity index (χ4n) is 6.94. The van der Waals surface area contributed by atoms with Crippen LogP contribution in [0.25, 0.3) is 33.8 Å². The Morgan fingerprint density at radius 3 is 1.61 bits per heavy atom. The number of rotatable bonds is 9. The number of hydrogen-bond acceptors (Lipinski definition) is 10. The summed E-state index contributed by atoms with van der Waals surface area (Å²) >= 11 is 6.66. The topological polar surface area (TPSA) is 82.1 Å². The Kier molecular flexibility index (Phi) is 11.3. The van der Waals surface area contributed by atoms with Crippen LogP contribution in [0.3, 0.4) is 0 Å². The molecule has 0 amide bonds. The third kappa shape index (κ3) is 8.02. The quantitative estimate of drug-likeness (QED) is 0.154. The van der Waals surface area contributed by atoms with Gasteiger partial charge in [-0.25, -0.2) is 28.7 Å². The fourth-order valence-corrected chi connectivity index (χ4v) is 8.88. The van der Waals surface area contributed by atoms with Crippen molar-refractivity contribution in [1.29, 1.82) is 0 Å². The van der Waals surface area contributed by atoms with E-state index in [9.17, 15) is 8.78 Å². The number of imidazole rings is 2. The lowest BCUT2D eigenvalue weighted by Gasteiger charge is -2.29. The maximum absolute atomic E-state index is 13.3. The number of nitrogens with zero attached hydrogens (tertiary/aromatic N) is 9. The van der Waals surface area contributed by atoms with Gasteiger partial charge in [0.15, 0.2) is 10.3 Å². The van der Waals surface area contributed by atoms with Gasteiger partial charge in [0.2, 0.25) is 0 Å². The zero-order chi connectivity index (χ0) is 39.6. The van der Waals surface area contributed by atoms with E-state index in [2.05, 4.69) is 76.9 Å². The summed E-state index contributed by atoms with van der Waals surface area (Å²) in [7, 11) is 4.03. The maximum atomic E-state index is 13.3. The molecule has 1 N–H and O–H groups in total. The molecular weight excluding hydrogens is 827 g/mol. The third-order valence-corrected chi connectivity index (χ3v) is 12.2. The van der Waals surface area contributed by atoms with Gasteiger partial charge in [-0.15, -0.1) is 22.7 Å². The van der Waals surface area contributed by atoms with Crippen molar-refractivity contribution in [3.05, 3.63) is 123 Å². The molecule has 0 radical (unpaired) electrons. The van der Waals surface area contributed by atoms with Crippen LogP contribution >= 0.6 is 38.6 Å². The molecule has 15 heteroatoms. The van der Waals surface area contributed by atoms with Crippen LogP contribution in [-0.4, -0.2) is 69.0 Å². The van der Waals surface area contributed by atoms with E-state index < -0.39 is 0 Å². The van der Waals surface area contributed by atoms with E-state index in [-0.39, 0.29) is 11.6 Å². The lowest BCUT2D eigenvalue weighted by Crippen LogP contribution is -2.43. The van der Waals surface area contributed by atoms with E-state index >= 15 is 0 Å². The smallest absolute Gasteiger partial charge is 0.191 e. The van der Waals surface area contributed by atoms with Gasteiger partial charge in [-0.3, -0.25) is 8.80 Å². The van der Waals surface area contributed by atoms with Gasteiger partial charge >= 0.3 is 0 Å². The molecule has 1 aliphatic rings. The van der Waals surface area contributed by atoms with Crippen molar-refractivity contribution in [3.8, 4) is 22.5 Å². The van der Waals surface area contributed by atoms with Gasteiger partial charge in [0.05, 0.1) is 28.5 Å².